The summed E-state index contributed by atoms with van der Waals surface area (Å²) in [6.07, 6.45) is 3.82. The van der Waals surface area contributed by atoms with Gasteiger partial charge in [-0.3, -0.25) is 0 Å². The predicted octanol–water partition coefficient (Wildman–Crippen LogP) is 3.83. The van der Waals surface area contributed by atoms with Crippen LogP contribution in [0.2, 0.25) is 0 Å². The molecule has 0 heterocycles. The van der Waals surface area contributed by atoms with Crippen molar-refractivity contribution in [2.24, 2.45) is 0 Å². The van der Waals surface area contributed by atoms with Gasteiger partial charge in [0.15, 0.2) is 11.5 Å². The van der Waals surface area contributed by atoms with Gasteiger partial charge in [-0.1, -0.05) is 37.6 Å². The van der Waals surface area contributed by atoms with Crippen molar-refractivity contribution >= 4 is 10.1 Å². The van der Waals surface area contributed by atoms with E-state index in [9.17, 15) is 8.42 Å². The number of unbranched alkanes of at least 4 members (excludes halogenated alkanes) is 1. The summed E-state index contributed by atoms with van der Waals surface area (Å²) in [5, 5.41) is 0. The van der Waals surface area contributed by atoms with Crippen LogP contribution < -0.4 is 13.7 Å². The Balaban J connectivity index is 1.86. The third-order valence-corrected chi connectivity index (χ3v) is 3.92. The molecule has 0 aromatic heterocycles. The van der Waals surface area contributed by atoms with Crippen LogP contribution in [0.3, 0.4) is 0 Å². The van der Waals surface area contributed by atoms with Crippen molar-refractivity contribution in [2.75, 3.05) is 19.5 Å². The average molecular weight is 364 g/mol. The third-order valence-electron chi connectivity index (χ3n) is 3.42. The maximum atomic E-state index is 11.1. The first kappa shape index (κ1) is 19.1. The highest BCUT2D eigenvalue weighted by molar-refractivity contribution is 7.86. The smallest absolute Gasteiger partial charge is 0.306 e. The number of hydrogen-bond donors (Lipinski definition) is 0. The second-order valence-electron chi connectivity index (χ2n) is 5.68. The molecule has 0 aliphatic heterocycles. The van der Waals surface area contributed by atoms with Crippen LogP contribution in [-0.4, -0.2) is 27.9 Å². The van der Waals surface area contributed by atoms with Gasteiger partial charge in [0.2, 0.25) is 0 Å². The standard InChI is InChI=1S/C19H24O5S/c1-3-4-14-22-18-7-5-6-8-19(18)23-15-13-16-9-11-17(12-10-16)24-25(2,20)21/h5-12H,3-4,13-15H2,1-2H3. The molecular weight excluding hydrogens is 340 g/mol. The second kappa shape index (κ2) is 9.32. The van der Waals surface area contributed by atoms with Gasteiger partial charge in [-0.15, -0.1) is 0 Å². The number of rotatable bonds is 10. The molecule has 0 fully saturated rings. The van der Waals surface area contributed by atoms with Crippen LogP contribution in [-0.2, 0) is 16.5 Å². The average Bonchev–Trinajstić information content (AvgIpc) is 2.57. The molecular formula is C19H24O5S. The molecule has 6 heteroatoms. The molecule has 25 heavy (non-hydrogen) atoms. The van der Waals surface area contributed by atoms with Gasteiger partial charge in [-0.05, 0) is 36.2 Å². The Morgan fingerprint density at radius 1 is 0.880 bits per heavy atom. The van der Waals surface area contributed by atoms with Crippen molar-refractivity contribution < 1.29 is 22.1 Å². The molecule has 0 radical (unpaired) electrons. The van der Waals surface area contributed by atoms with Crippen LogP contribution >= 0.6 is 0 Å². The number of benzene rings is 2. The van der Waals surface area contributed by atoms with E-state index in [1.165, 1.54) is 0 Å². The van der Waals surface area contributed by atoms with E-state index >= 15 is 0 Å². The highest BCUT2D eigenvalue weighted by Gasteiger charge is 2.06. The first-order valence-electron chi connectivity index (χ1n) is 8.31. The first-order chi connectivity index (χ1) is 12.0. The molecule has 0 amide bonds. The van der Waals surface area contributed by atoms with E-state index in [0.717, 1.165) is 36.2 Å². The van der Waals surface area contributed by atoms with Crippen LogP contribution in [0, 0.1) is 0 Å². The van der Waals surface area contributed by atoms with E-state index in [1.807, 2.05) is 36.4 Å². The molecule has 2 aromatic carbocycles. The Morgan fingerprint density at radius 3 is 2.04 bits per heavy atom. The molecule has 5 nitrogen and oxygen atoms in total. The van der Waals surface area contributed by atoms with Crippen LogP contribution in [0.5, 0.6) is 17.2 Å². The molecule has 0 N–H and O–H groups in total. The summed E-state index contributed by atoms with van der Waals surface area (Å²) in [4.78, 5) is 0. The quantitative estimate of drug-likeness (QED) is 0.474. The molecule has 0 saturated heterocycles. The van der Waals surface area contributed by atoms with Crippen LogP contribution in [0.25, 0.3) is 0 Å². The minimum Gasteiger partial charge on any atom is -0.490 e. The summed E-state index contributed by atoms with van der Waals surface area (Å²) in [6.45, 7) is 3.30. The lowest BCUT2D eigenvalue weighted by Crippen LogP contribution is -2.06. The normalized spacial score (nSPS) is 11.1. The minimum atomic E-state index is -3.50. The topological polar surface area (TPSA) is 61.8 Å². The van der Waals surface area contributed by atoms with E-state index in [0.29, 0.717) is 25.4 Å². The Hall–Kier alpha value is -2.21. The van der Waals surface area contributed by atoms with Crippen molar-refractivity contribution in [2.45, 2.75) is 26.2 Å². The fourth-order valence-electron chi connectivity index (χ4n) is 2.18. The summed E-state index contributed by atoms with van der Waals surface area (Å²) in [5.74, 6) is 1.80. The van der Waals surface area contributed by atoms with E-state index < -0.39 is 10.1 Å². The van der Waals surface area contributed by atoms with Gasteiger partial charge in [0, 0.05) is 6.42 Å². The molecule has 0 unspecified atom stereocenters. The van der Waals surface area contributed by atoms with E-state index in [2.05, 4.69) is 6.92 Å². The van der Waals surface area contributed by atoms with Crippen molar-refractivity contribution in [3.63, 3.8) is 0 Å². The largest absolute Gasteiger partial charge is 0.490 e. The zero-order valence-electron chi connectivity index (χ0n) is 14.6. The summed E-state index contributed by atoms with van der Waals surface area (Å²) >= 11 is 0. The summed E-state index contributed by atoms with van der Waals surface area (Å²) in [5.41, 5.74) is 1.03. The second-order valence-corrected chi connectivity index (χ2v) is 7.25. The maximum Gasteiger partial charge on any atom is 0.306 e. The number of para-hydroxylation sites is 2. The highest BCUT2D eigenvalue weighted by Crippen LogP contribution is 2.26. The molecule has 0 aliphatic carbocycles. The Kier molecular flexibility index (Phi) is 7.13. The van der Waals surface area contributed by atoms with Gasteiger partial charge in [0.25, 0.3) is 0 Å². The Labute approximate surface area is 149 Å². The lowest BCUT2D eigenvalue weighted by atomic mass is 10.1. The van der Waals surface area contributed by atoms with Crippen LogP contribution in [0.4, 0.5) is 0 Å². The molecule has 0 bridgehead atoms. The van der Waals surface area contributed by atoms with Gasteiger partial charge < -0.3 is 13.7 Å². The van der Waals surface area contributed by atoms with Crippen molar-refractivity contribution in [3.8, 4) is 17.2 Å². The van der Waals surface area contributed by atoms with Gasteiger partial charge in [-0.2, -0.15) is 8.42 Å². The van der Waals surface area contributed by atoms with E-state index in [-0.39, 0.29) is 0 Å². The minimum absolute atomic E-state index is 0.307. The SMILES string of the molecule is CCCCOc1ccccc1OCCc1ccc(OS(C)(=O)=O)cc1. The van der Waals surface area contributed by atoms with Gasteiger partial charge in [0.1, 0.15) is 5.75 Å². The first-order valence-corrected chi connectivity index (χ1v) is 10.1. The summed E-state index contributed by atoms with van der Waals surface area (Å²) in [7, 11) is -3.50. The molecule has 0 aliphatic rings. The van der Waals surface area contributed by atoms with Crippen molar-refractivity contribution in [1.82, 2.24) is 0 Å². The number of hydrogen-bond acceptors (Lipinski definition) is 5. The molecule has 2 aromatic rings. The number of ether oxygens (including phenoxy) is 2. The van der Waals surface area contributed by atoms with Crippen LogP contribution in [0.15, 0.2) is 48.5 Å². The van der Waals surface area contributed by atoms with E-state index in [4.69, 9.17) is 13.7 Å². The Morgan fingerprint density at radius 2 is 1.48 bits per heavy atom. The van der Waals surface area contributed by atoms with Gasteiger partial charge >= 0.3 is 10.1 Å². The molecule has 0 atom stereocenters. The maximum absolute atomic E-state index is 11.1. The lowest BCUT2D eigenvalue weighted by molar-refractivity contribution is 0.266. The lowest BCUT2D eigenvalue weighted by Gasteiger charge is -2.12. The van der Waals surface area contributed by atoms with Crippen LogP contribution in [0.1, 0.15) is 25.3 Å². The fraction of sp³-hybridized carbons (Fsp3) is 0.368. The predicted molar refractivity (Wildman–Crippen MR) is 98.0 cm³/mol. The summed E-state index contributed by atoms with van der Waals surface area (Å²) < 4.78 is 38.6. The monoisotopic (exact) mass is 364 g/mol. The molecule has 0 saturated carbocycles. The zero-order chi connectivity index (χ0) is 18.1. The summed E-state index contributed by atoms with van der Waals surface area (Å²) in [6, 6.07) is 14.6. The van der Waals surface area contributed by atoms with Crippen molar-refractivity contribution in [1.29, 1.82) is 0 Å². The highest BCUT2D eigenvalue weighted by atomic mass is 32.2. The zero-order valence-corrected chi connectivity index (χ0v) is 15.4. The molecule has 0 spiro atoms. The van der Waals surface area contributed by atoms with E-state index in [1.54, 1.807) is 12.1 Å². The fourth-order valence-corrected chi connectivity index (χ4v) is 2.64. The molecule has 136 valence electrons. The third kappa shape index (κ3) is 7.05. The van der Waals surface area contributed by atoms with Gasteiger partial charge in [-0.25, -0.2) is 0 Å². The van der Waals surface area contributed by atoms with Gasteiger partial charge in [0.05, 0.1) is 19.5 Å². The van der Waals surface area contributed by atoms with Crippen molar-refractivity contribution in [3.05, 3.63) is 54.1 Å². The Bertz CT molecular complexity index is 754. The molecule has 2 rings (SSSR count).